The van der Waals surface area contributed by atoms with Crippen molar-refractivity contribution in [1.29, 1.82) is 5.26 Å². The highest BCUT2D eigenvalue weighted by Crippen LogP contribution is 2.16. The highest BCUT2D eigenvalue weighted by Gasteiger charge is 2.27. The average molecular weight is 385 g/mol. The van der Waals surface area contributed by atoms with Gasteiger partial charge in [0.2, 0.25) is 16.0 Å². The Kier molecular flexibility index (Phi) is 6.04. The van der Waals surface area contributed by atoms with Crippen LogP contribution in [-0.4, -0.2) is 54.6 Å². The molecular weight excluding hydrogens is 362 g/mol. The first-order valence-corrected chi connectivity index (χ1v) is 10.6. The SMILES string of the molecule is Cc1cc(C#N)nc(N2CCN(S(=O)(=O)CCCc3ccccc3)CC2)n1. The molecule has 1 aromatic heterocycles. The molecule has 1 aromatic carbocycles. The van der Waals surface area contributed by atoms with E-state index in [1.807, 2.05) is 48.2 Å². The minimum Gasteiger partial charge on any atom is -0.338 e. The summed E-state index contributed by atoms with van der Waals surface area (Å²) in [5.74, 6) is 0.647. The number of piperazine rings is 1. The summed E-state index contributed by atoms with van der Waals surface area (Å²) in [5, 5.41) is 9.05. The lowest BCUT2D eigenvalue weighted by Gasteiger charge is -2.34. The lowest BCUT2D eigenvalue weighted by atomic mass is 10.1. The molecule has 0 radical (unpaired) electrons. The van der Waals surface area contributed by atoms with Crippen molar-refractivity contribution in [3.63, 3.8) is 0 Å². The Morgan fingerprint density at radius 1 is 1.11 bits per heavy atom. The molecule has 1 saturated heterocycles. The molecule has 0 saturated carbocycles. The molecule has 0 spiro atoms. The summed E-state index contributed by atoms with van der Waals surface area (Å²) in [5.41, 5.74) is 2.21. The number of aryl methyl sites for hydroxylation is 2. The number of hydrogen-bond donors (Lipinski definition) is 0. The van der Waals surface area contributed by atoms with Gasteiger partial charge in [0.1, 0.15) is 11.8 Å². The van der Waals surface area contributed by atoms with Crippen LogP contribution in [0.4, 0.5) is 5.95 Å². The summed E-state index contributed by atoms with van der Waals surface area (Å²) in [4.78, 5) is 10.5. The number of anilines is 1. The Hall–Kier alpha value is -2.50. The first-order chi connectivity index (χ1) is 13.0. The van der Waals surface area contributed by atoms with E-state index in [0.29, 0.717) is 44.2 Å². The zero-order chi connectivity index (χ0) is 19.3. The quantitative estimate of drug-likeness (QED) is 0.752. The first-order valence-electron chi connectivity index (χ1n) is 9.00. The van der Waals surface area contributed by atoms with E-state index in [2.05, 4.69) is 9.97 Å². The third kappa shape index (κ3) is 5.02. The van der Waals surface area contributed by atoms with Crippen LogP contribution >= 0.6 is 0 Å². The average Bonchev–Trinajstić information content (AvgIpc) is 2.68. The molecule has 2 heterocycles. The number of rotatable bonds is 6. The van der Waals surface area contributed by atoms with Crippen molar-refractivity contribution < 1.29 is 8.42 Å². The van der Waals surface area contributed by atoms with E-state index in [1.165, 1.54) is 0 Å². The molecular formula is C19H23N5O2S. The van der Waals surface area contributed by atoms with Gasteiger partial charge in [-0.2, -0.15) is 9.57 Å². The highest BCUT2D eigenvalue weighted by molar-refractivity contribution is 7.89. The first kappa shape index (κ1) is 19.3. The number of hydrogen-bond acceptors (Lipinski definition) is 6. The van der Waals surface area contributed by atoms with Crippen molar-refractivity contribution >= 4 is 16.0 Å². The van der Waals surface area contributed by atoms with Gasteiger partial charge in [0.25, 0.3) is 0 Å². The lowest BCUT2D eigenvalue weighted by molar-refractivity contribution is 0.382. The molecule has 0 unspecified atom stereocenters. The topological polar surface area (TPSA) is 90.2 Å². The third-order valence-corrected chi connectivity index (χ3v) is 6.54. The summed E-state index contributed by atoms with van der Waals surface area (Å²) in [6.45, 7) is 3.68. The second-order valence-electron chi connectivity index (χ2n) is 6.60. The van der Waals surface area contributed by atoms with Gasteiger partial charge in [-0.25, -0.2) is 18.4 Å². The van der Waals surface area contributed by atoms with Gasteiger partial charge in [-0.3, -0.25) is 0 Å². The molecule has 2 aromatic rings. The van der Waals surface area contributed by atoms with Crippen molar-refractivity contribution in [3.05, 3.63) is 53.3 Å². The maximum Gasteiger partial charge on any atom is 0.226 e. The minimum atomic E-state index is -3.27. The van der Waals surface area contributed by atoms with Crippen LogP contribution in [0.3, 0.4) is 0 Å². The number of aromatic nitrogens is 2. The predicted octanol–water partition coefficient (Wildman–Crippen LogP) is 1.74. The smallest absolute Gasteiger partial charge is 0.226 e. The fraction of sp³-hybridized carbons (Fsp3) is 0.421. The molecule has 8 heteroatoms. The second kappa shape index (κ2) is 8.46. The Balaban J connectivity index is 1.55. The molecule has 0 N–H and O–H groups in total. The van der Waals surface area contributed by atoms with Gasteiger partial charge in [0, 0.05) is 31.9 Å². The second-order valence-corrected chi connectivity index (χ2v) is 8.69. The van der Waals surface area contributed by atoms with Crippen molar-refractivity contribution in [3.8, 4) is 6.07 Å². The number of nitrogens with zero attached hydrogens (tertiary/aromatic N) is 5. The van der Waals surface area contributed by atoms with Crippen LogP contribution in [0.25, 0.3) is 0 Å². The maximum atomic E-state index is 12.6. The zero-order valence-electron chi connectivity index (χ0n) is 15.4. The maximum absolute atomic E-state index is 12.6. The van der Waals surface area contributed by atoms with Gasteiger partial charge in [-0.05, 0) is 31.4 Å². The molecule has 3 rings (SSSR count). The standard InChI is InChI=1S/C19H23N5O2S/c1-16-14-18(15-20)22-19(21-16)23-9-11-24(12-10-23)27(25,26)13-5-8-17-6-3-2-4-7-17/h2-4,6-7,14H,5,8-13H2,1H3. The van der Waals surface area contributed by atoms with Crippen LogP contribution in [0.5, 0.6) is 0 Å². The van der Waals surface area contributed by atoms with Gasteiger partial charge < -0.3 is 4.90 Å². The number of benzene rings is 1. The van der Waals surface area contributed by atoms with Gasteiger partial charge in [-0.15, -0.1) is 0 Å². The predicted molar refractivity (Wildman–Crippen MR) is 104 cm³/mol. The Labute approximate surface area is 160 Å². The fourth-order valence-corrected chi connectivity index (χ4v) is 4.64. The molecule has 0 aliphatic carbocycles. The van der Waals surface area contributed by atoms with Crippen LogP contribution in [0.2, 0.25) is 0 Å². The van der Waals surface area contributed by atoms with Crippen LogP contribution in [0, 0.1) is 18.3 Å². The molecule has 1 aliphatic rings. The Morgan fingerprint density at radius 2 is 1.81 bits per heavy atom. The van der Waals surface area contributed by atoms with Gasteiger partial charge in [0.15, 0.2) is 0 Å². The van der Waals surface area contributed by atoms with Crippen molar-refractivity contribution in [2.24, 2.45) is 0 Å². The Morgan fingerprint density at radius 3 is 2.48 bits per heavy atom. The fourth-order valence-electron chi connectivity index (χ4n) is 3.15. The van der Waals surface area contributed by atoms with E-state index in [-0.39, 0.29) is 5.75 Å². The Bertz CT molecular complexity index is 917. The molecule has 0 atom stereocenters. The van der Waals surface area contributed by atoms with Crippen LogP contribution in [-0.2, 0) is 16.4 Å². The summed E-state index contributed by atoms with van der Waals surface area (Å²) in [6, 6.07) is 13.6. The molecule has 142 valence electrons. The van der Waals surface area contributed by atoms with Crippen molar-refractivity contribution in [2.45, 2.75) is 19.8 Å². The molecule has 0 amide bonds. The van der Waals surface area contributed by atoms with Crippen molar-refractivity contribution in [2.75, 3.05) is 36.8 Å². The minimum absolute atomic E-state index is 0.154. The lowest BCUT2D eigenvalue weighted by Crippen LogP contribution is -2.49. The van der Waals surface area contributed by atoms with Gasteiger partial charge >= 0.3 is 0 Å². The molecule has 0 bridgehead atoms. The zero-order valence-corrected chi connectivity index (χ0v) is 16.2. The molecule has 7 nitrogen and oxygen atoms in total. The van der Waals surface area contributed by atoms with E-state index in [0.717, 1.165) is 17.7 Å². The number of nitriles is 1. The van der Waals surface area contributed by atoms with E-state index < -0.39 is 10.0 Å². The highest BCUT2D eigenvalue weighted by atomic mass is 32.2. The van der Waals surface area contributed by atoms with Gasteiger partial charge in [0.05, 0.1) is 5.75 Å². The van der Waals surface area contributed by atoms with E-state index >= 15 is 0 Å². The van der Waals surface area contributed by atoms with Crippen molar-refractivity contribution in [1.82, 2.24) is 14.3 Å². The summed E-state index contributed by atoms with van der Waals surface area (Å²) >= 11 is 0. The van der Waals surface area contributed by atoms with E-state index in [9.17, 15) is 8.42 Å². The van der Waals surface area contributed by atoms with Crippen LogP contribution < -0.4 is 4.90 Å². The summed E-state index contributed by atoms with van der Waals surface area (Å²) < 4.78 is 26.8. The number of sulfonamides is 1. The largest absolute Gasteiger partial charge is 0.338 e. The van der Waals surface area contributed by atoms with E-state index in [1.54, 1.807) is 10.4 Å². The normalized spacial score (nSPS) is 15.5. The monoisotopic (exact) mass is 385 g/mol. The van der Waals surface area contributed by atoms with Gasteiger partial charge in [-0.1, -0.05) is 30.3 Å². The van der Waals surface area contributed by atoms with Crippen LogP contribution in [0.15, 0.2) is 36.4 Å². The summed E-state index contributed by atoms with van der Waals surface area (Å²) in [7, 11) is -3.27. The molecule has 27 heavy (non-hydrogen) atoms. The van der Waals surface area contributed by atoms with E-state index in [4.69, 9.17) is 5.26 Å². The van der Waals surface area contributed by atoms with Crippen LogP contribution in [0.1, 0.15) is 23.4 Å². The molecule has 1 fully saturated rings. The summed E-state index contributed by atoms with van der Waals surface area (Å²) in [6.07, 6.45) is 1.37. The third-order valence-electron chi connectivity index (χ3n) is 4.58. The molecule has 1 aliphatic heterocycles.